The zero-order valence-electron chi connectivity index (χ0n) is 11.4. The van der Waals surface area contributed by atoms with Crippen LogP contribution in [0.2, 0.25) is 0 Å². The van der Waals surface area contributed by atoms with E-state index in [9.17, 15) is 9.90 Å². The summed E-state index contributed by atoms with van der Waals surface area (Å²) in [6.45, 7) is 4.24. The summed E-state index contributed by atoms with van der Waals surface area (Å²) >= 11 is 0. The van der Waals surface area contributed by atoms with Gasteiger partial charge in [-0.3, -0.25) is 4.79 Å². The predicted molar refractivity (Wildman–Crippen MR) is 72.5 cm³/mol. The minimum Gasteiger partial charge on any atom is -0.394 e. The molecule has 4 heteroatoms. The van der Waals surface area contributed by atoms with Crippen LogP contribution in [0.5, 0.6) is 0 Å². The summed E-state index contributed by atoms with van der Waals surface area (Å²) in [6, 6.07) is 9.53. The molecule has 1 aromatic rings. The third-order valence-electron chi connectivity index (χ3n) is 3.84. The molecule has 0 saturated carbocycles. The fraction of sp³-hybridized carbons (Fsp3) is 0.533. The number of benzene rings is 1. The van der Waals surface area contributed by atoms with Gasteiger partial charge in [0.1, 0.15) is 0 Å². The Morgan fingerprint density at radius 3 is 2.68 bits per heavy atom. The van der Waals surface area contributed by atoms with Gasteiger partial charge >= 0.3 is 0 Å². The number of hydrogen-bond donors (Lipinski definition) is 2. The molecule has 1 heterocycles. The van der Waals surface area contributed by atoms with Crippen LogP contribution in [0.4, 0.5) is 0 Å². The van der Waals surface area contributed by atoms with Crippen LogP contribution in [-0.2, 0) is 15.1 Å². The first-order valence-corrected chi connectivity index (χ1v) is 6.67. The Bertz CT molecular complexity index is 434. The summed E-state index contributed by atoms with van der Waals surface area (Å²) in [4.78, 5) is 12.3. The molecule has 0 aliphatic carbocycles. The number of aliphatic hydroxyl groups excluding tert-OH is 1. The van der Waals surface area contributed by atoms with Crippen molar-refractivity contribution in [2.75, 3.05) is 13.2 Å². The Balaban J connectivity index is 2.12. The Morgan fingerprint density at radius 2 is 2.16 bits per heavy atom. The van der Waals surface area contributed by atoms with E-state index in [0.717, 1.165) is 12.0 Å². The highest BCUT2D eigenvalue weighted by atomic mass is 16.5. The lowest BCUT2D eigenvalue weighted by Crippen LogP contribution is -2.49. The molecule has 0 spiro atoms. The van der Waals surface area contributed by atoms with E-state index in [2.05, 4.69) is 5.32 Å². The first-order valence-electron chi connectivity index (χ1n) is 6.67. The first kappa shape index (κ1) is 14.0. The van der Waals surface area contributed by atoms with E-state index < -0.39 is 5.54 Å². The second-order valence-corrected chi connectivity index (χ2v) is 5.32. The van der Waals surface area contributed by atoms with Gasteiger partial charge < -0.3 is 15.2 Å². The maximum absolute atomic E-state index is 12.3. The molecule has 1 aliphatic rings. The molecule has 3 atom stereocenters. The largest absolute Gasteiger partial charge is 0.394 e. The molecule has 1 fully saturated rings. The van der Waals surface area contributed by atoms with E-state index >= 15 is 0 Å². The van der Waals surface area contributed by atoms with Crippen molar-refractivity contribution in [2.45, 2.75) is 31.9 Å². The predicted octanol–water partition coefficient (Wildman–Crippen LogP) is 1.44. The van der Waals surface area contributed by atoms with Gasteiger partial charge in [0, 0.05) is 6.61 Å². The molecule has 2 rings (SSSR count). The van der Waals surface area contributed by atoms with Crippen LogP contribution >= 0.6 is 0 Å². The van der Waals surface area contributed by atoms with Gasteiger partial charge in [-0.2, -0.15) is 0 Å². The zero-order chi connectivity index (χ0) is 13.9. The molecule has 1 aromatic carbocycles. The zero-order valence-corrected chi connectivity index (χ0v) is 11.4. The number of amides is 1. The Kier molecular flexibility index (Phi) is 4.22. The van der Waals surface area contributed by atoms with Gasteiger partial charge in [-0.25, -0.2) is 0 Å². The van der Waals surface area contributed by atoms with E-state index in [0.29, 0.717) is 6.61 Å². The van der Waals surface area contributed by atoms with Gasteiger partial charge in [-0.1, -0.05) is 30.3 Å². The molecular weight excluding hydrogens is 242 g/mol. The van der Waals surface area contributed by atoms with Crippen LogP contribution in [0.25, 0.3) is 0 Å². The lowest BCUT2D eigenvalue weighted by Gasteiger charge is -2.31. The number of nitrogens with one attached hydrogen (secondary N) is 1. The quantitative estimate of drug-likeness (QED) is 0.864. The van der Waals surface area contributed by atoms with Crippen LogP contribution < -0.4 is 5.32 Å². The Morgan fingerprint density at radius 1 is 1.47 bits per heavy atom. The molecule has 1 aliphatic heterocycles. The minimum absolute atomic E-state index is 0.0506. The molecule has 1 amide bonds. The number of ether oxygens (including phenoxy) is 1. The summed E-state index contributed by atoms with van der Waals surface area (Å²) in [5.41, 5.74) is 0.151. The molecule has 2 N–H and O–H groups in total. The van der Waals surface area contributed by atoms with Crippen molar-refractivity contribution in [3.63, 3.8) is 0 Å². The highest BCUT2D eigenvalue weighted by Crippen LogP contribution is 2.25. The molecule has 0 radical (unpaired) electrons. The molecule has 0 aromatic heterocycles. The van der Waals surface area contributed by atoms with E-state index in [4.69, 9.17) is 4.74 Å². The maximum atomic E-state index is 12.3. The van der Waals surface area contributed by atoms with E-state index in [1.54, 1.807) is 0 Å². The van der Waals surface area contributed by atoms with Crippen molar-refractivity contribution in [1.82, 2.24) is 5.32 Å². The van der Waals surface area contributed by atoms with E-state index in [1.165, 1.54) is 0 Å². The highest BCUT2D eigenvalue weighted by Gasteiger charge is 2.35. The summed E-state index contributed by atoms with van der Waals surface area (Å²) in [6.07, 6.45) is 0.683. The van der Waals surface area contributed by atoms with Gasteiger partial charge in [-0.15, -0.1) is 0 Å². The average Bonchev–Trinajstić information content (AvgIpc) is 2.86. The van der Waals surface area contributed by atoms with E-state index in [-0.39, 0.29) is 24.5 Å². The van der Waals surface area contributed by atoms with Gasteiger partial charge in [0.15, 0.2) is 0 Å². The van der Waals surface area contributed by atoms with Crippen molar-refractivity contribution in [3.8, 4) is 0 Å². The van der Waals surface area contributed by atoms with Crippen LogP contribution in [0, 0.1) is 5.92 Å². The molecule has 104 valence electrons. The second kappa shape index (κ2) is 5.72. The third kappa shape index (κ3) is 2.96. The number of rotatable bonds is 4. The SMILES string of the molecule is CC1OCCC1C(=O)NC(C)(CO)c1ccccc1. The average molecular weight is 263 g/mol. The molecule has 19 heavy (non-hydrogen) atoms. The first-order chi connectivity index (χ1) is 9.07. The van der Waals surface area contributed by atoms with Gasteiger partial charge in [0.25, 0.3) is 0 Å². The smallest absolute Gasteiger partial charge is 0.226 e. The van der Waals surface area contributed by atoms with Crippen molar-refractivity contribution in [2.24, 2.45) is 5.92 Å². The summed E-state index contributed by atoms with van der Waals surface area (Å²) in [5.74, 6) is -0.181. The standard InChI is InChI=1S/C15H21NO3/c1-11-13(8-9-19-11)14(18)16-15(2,10-17)12-6-4-3-5-7-12/h3-7,11,13,17H,8-10H2,1-2H3,(H,16,18). The lowest BCUT2D eigenvalue weighted by atomic mass is 9.91. The summed E-state index contributed by atoms with van der Waals surface area (Å²) in [5, 5.41) is 12.6. The van der Waals surface area contributed by atoms with Crippen molar-refractivity contribution < 1.29 is 14.6 Å². The van der Waals surface area contributed by atoms with Crippen molar-refractivity contribution >= 4 is 5.91 Å². The van der Waals surface area contributed by atoms with Crippen LogP contribution in [-0.4, -0.2) is 30.3 Å². The number of hydrogen-bond acceptors (Lipinski definition) is 3. The molecular formula is C15H21NO3. The van der Waals surface area contributed by atoms with E-state index in [1.807, 2.05) is 44.2 Å². The summed E-state index contributed by atoms with van der Waals surface area (Å²) in [7, 11) is 0. The van der Waals surface area contributed by atoms with Crippen molar-refractivity contribution in [1.29, 1.82) is 0 Å². The molecule has 0 bridgehead atoms. The number of carbonyl (C=O) groups excluding carboxylic acids is 1. The van der Waals surface area contributed by atoms with Gasteiger partial charge in [-0.05, 0) is 25.8 Å². The molecule has 3 unspecified atom stereocenters. The highest BCUT2D eigenvalue weighted by molar-refractivity contribution is 5.80. The lowest BCUT2D eigenvalue weighted by molar-refractivity contribution is -0.128. The monoisotopic (exact) mass is 263 g/mol. The second-order valence-electron chi connectivity index (χ2n) is 5.32. The number of carbonyl (C=O) groups is 1. The van der Waals surface area contributed by atoms with Crippen LogP contribution in [0.3, 0.4) is 0 Å². The van der Waals surface area contributed by atoms with Gasteiger partial charge in [0.05, 0.1) is 24.2 Å². The molecule has 1 saturated heterocycles. The number of aliphatic hydroxyl groups is 1. The Hall–Kier alpha value is -1.39. The fourth-order valence-corrected chi connectivity index (χ4v) is 2.45. The van der Waals surface area contributed by atoms with Crippen LogP contribution in [0.1, 0.15) is 25.8 Å². The maximum Gasteiger partial charge on any atom is 0.226 e. The third-order valence-corrected chi connectivity index (χ3v) is 3.84. The molecule has 4 nitrogen and oxygen atoms in total. The van der Waals surface area contributed by atoms with Gasteiger partial charge in [0.2, 0.25) is 5.91 Å². The van der Waals surface area contributed by atoms with Crippen molar-refractivity contribution in [3.05, 3.63) is 35.9 Å². The fourth-order valence-electron chi connectivity index (χ4n) is 2.45. The Labute approximate surface area is 113 Å². The topological polar surface area (TPSA) is 58.6 Å². The normalized spacial score (nSPS) is 25.8. The van der Waals surface area contributed by atoms with Crippen LogP contribution in [0.15, 0.2) is 30.3 Å². The summed E-state index contributed by atoms with van der Waals surface area (Å²) < 4.78 is 5.42. The minimum atomic E-state index is -0.749.